The topological polar surface area (TPSA) is 80.0 Å². The molecule has 1 heterocycles. The van der Waals surface area contributed by atoms with Crippen molar-refractivity contribution in [1.82, 2.24) is 0 Å². The van der Waals surface area contributed by atoms with Crippen LogP contribution < -0.4 is 16.4 Å². The number of hydrogen-bond donors (Lipinski definition) is 2. The molecular weight excluding hydrogens is 425 g/mol. The molecule has 0 amide bonds. The van der Waals surface area contributed by atoms with Gasteiger partial charge in [-0.1, -0.05) is 35.7 Å². The summed E-state index contributed by atoms with van der Waals surface area (Å²) in [5.74, 6) is 1.45. The summed E-state index contributed by atoms with van der Waals surface area (Å²) in [5, 5.41) is 1.34. The molecule has 0 saturated heterocycles. The van der Waals surface area contributed by atoms with Crippen molar-refractivity contribution < 1.29 is 0 Å². The number of rotatable bonds is 4. The minimum absolute atomic E-state index is 0.271. The Balaban J connectivity index is 1.52. The third kappa shape index (κ3) is 4.34. The fourth-order valence-corrected chi connectivity index (χ4v) is 5.44. The van der Waals surface area contributed by atoms with Crippen LogP contribution in [0.2, 0.25) is 10.0 Å². The molecule has 0 radical (unpaired) electrons. The molecule has 8 heteroatoms. The lowest BCUT2D eigenvalue weighted by Crippen LogP contribution is -2.58. The maximum absolute atomic E-state index is 6.29. The van der Waals surface area contributed by atoms with E-state index in [1.54, 1.807) is 17.8 Å². The lowest BCUT2D eigenvalue weighted by molar-refractivity contribution is 0.305. The van der Waals surface area contributed by atoms with E-state index in [0.29, 0.717) is 16.0 Å². The second kappa shape index (κ2) is 8.46. The smallest absolute Gasteiger partial charge is 0.220 e. The van der Waals surface area contributed by atoms with Gasteiger partial charge >= 0.3 is 0 Å². The zero-order valence-electron chi connectivity index (χ0n) is 15.9. The highest BCUT2D eigenvalue weighted by Gasteiger charge is 2.42. The van der Waals surface area contributed by atoms with Crippen LogP contribution >= 0.6 is 35.0 Å². The first kappa shape index (κ1) is 20.4. The van der Waals surface area contributed by atoms with E-state index in [1.807, 2.05) is 17.0 Å². The second-order valence-corrected chi connectivity index (χ2v) is 9.23. The van der Waals surface area contributed by atoms with E-state index < -0.39 is 5.66 Å². The number of anilines is 1. The van der Waals surface area contributed by atoms with E-state index in [1.165, 1.54) is 6.42 Å². The van der Waals surface area contributed by atoms with Crippen LogP contribution in [0.15, 0.2) is 57.3 Å². The fraction of sp³-hybridized carbons (Fsp3) is 0.333. The molecule has 1 saturated carbocycles. The van der Waals surface area contributed by atoms with Crippen molar-refractivity contribution in [3.63, 3.8) is 0 Å². The summed E-state index contributed by atoms with van der Waals surface area (Å²) in [5.41, 5.74) is 13.9. The van der Waals surface area contributed by atoms with Crippen LogP contribution in [-0.2, 0) is 5.75 Å². The maximum Gasteiger partial charge on any atom is 0.220 e. The van der Waals surface area contributed by atoms with Crippen LogP contribution in [0.4, 0.5) is 5.69 Å². The van der Waals surface area contributed by atoms with Gasteiger partial charge in [-0.3, -0.25) is 4.90 Å². The molecule has 1 aliphatic carbocycles. The number of hydrogen-bond acceptors (Lipinski definition) is 6. The maximum atomic E-state index is 6.29. The Morgan fingerprint density at radius 3 is 2.41 bits per heavy atom. The number of thioether (sulfide) groups is 1. The molecule has 2 aliphatic rings. The molecule has 4 rings (SSSR count). The third-order valence-electron chi connectivity index (χ3n) is 5.36. The highest BCUT2D eigenvalue weighted by Crippen LogP contribution is 2.40. The lowest BCUT2D eigenvalue weighted by atomic mass is 9.87. The molecule has 4 N–H and O–H groups in total. The van der Waals surface area contributed by atoms with Gasteiger partial charge in [-0.15, -0.1) is 11.8 Å². The average molecular weight is 448 g/mol. The summed E-state index contributed by atoms with van der Waals surface area (Å²) in [6.45, 7) is 0. The lowest BCUT2D eigenvalue weighted by Gasteiger charge is -2.45. The van der Waals surface area contributed by atoms with Crippen LogP contribution in [0, 0.1) is 0 Å². The fourth-order valence-electron chi connectivity index (χ4n) is 3.99. The highest BCUT2D eigenvalue weighted by atomic mass is 35.5. The van der Waals surface area contributed by atoms with Crippen LogP contribution in [0.1, 0.15) is 37.7 Å². The van der Waals surface area contributed by atoms with Gasteiger partial charge in [0.15, 0.2) is 0 Å². The molecule has 2 aromatic rings. The van der Waals surface area contributed by atoms with Crippen molar-refractivity contribution in [2.75, 3.05) is 4.90 Å². The van der Waals surface area contributed by atoms with E-state index in [2.05, 4.69) is 29.3 Å². The second-order valence-electron chi connectivity index (χ2n) is 7.34. The monoisotopic (exact) mass is 447 g/mol. The number of nitrogens with zero attached hydrogens (tertiary/aromatic N) is 3. The number of halogens is 2. The van der Waals surface area contributed by atoms with Gasteiger partial charge in [0.1, 0.15) is 5.66 Å². The first-order valence-electron chi connectivity index (χ1n) is 9.63. The Kier molecular flexibility index (Phi) is 5.95. The van der Waals surface area contributed by atoms with Gasteiger partial charge in [-0.05, 0) is 67.6 Å². The molecule has 0 bridgehead atoms. The summed E-state index contributed by atoms with van der Waals surface area (Å²) in [6.07, 6.45) is 5.28. The summed E-state index contributed by atoms with van der Waals surface area (Å²) in [4.78, 5) is 12.1. The van der Waals surface area contributed by atoms with E-state index in [-0.39, 0.29) is 5.96 Å². The van der Waals surface area contributed by atoms with Crippen LogP contribution in [0.5, 0.6) is 0 Å². The minimum Gasteiger partial charge on any atom is -0.369 e. The standard InChI is InChI=1S/C21H23Cl2N5S/c22-15-5-4-14(18(23)12-15)13-29-17-8-6-16(7-9-17)28-20(25)26-19(24)27-21(28)10-2-1-3-11-21/h4-9,12H,1-3,10-11,13H2,(H4,24,25,26,27). The molecule has 2 aromatic carbocycles. The molecule has 29 heavy (non-hydrogen) atoms. The molecule has 5 nitrogen and oxygen atoms in total. The number of aliphatic imine (C=N–C) groups is 2. The predicted molar refractivity (Wildman–Crippen MR) is 124 cm³/mol. The third-order valence-corrected chi connectivity index (χ3v) is 7.00. The molecule has 0 aromatic heterocycles. The molecule has 1 spiro atoms. The molecule has 1 fully saturated rings. The van der Waals surface area contributed by atoms with Gasteiger partial charge in [0.25, 0.3) is 0 Å². The SMILES string of the molecule is NC1=NC2(CCCCC2)N(c2ccc(SCc3ccc(Cl)cc3Cl)cc2)C(N)=N1. The zero-order chi connectivity index (χ0) is 20.4. The van der Waals surface area contributed by atoms with Crippen LogP contribution in [0.3, 0.4) is 0 Å². The first-order valence-corrected chi connectivity index (χ1v) is 11.4. The Morgan fingerprint density at radius 1 is 1.00 bits per heavy atom. The molecule has 1 aliphatic heterocycles. The average Bonchev–Trinajstić information content (AvgIpc) is 2.68. The van der Waals surface area contributed by atoms with Gasteiger partial charge in [-0.25, -0.2) is 4.99 Å². The first-order chi connectivity index (χ1) is 14.0. The van der Waals surface area contributed by atoms with Crippen molar-refractivity contribution in [3.8, 4) is 0 Å². The summed E-state index contributed by atoms with van der Waals surface area (Å²) in [7, 11) is 0. The Labute approximate surface area is 185 Å². The van der Waals surface area contributed by atoms with E-state index in [9.17, 15) is 0 Å². The van der Waals surface area contributed by atoms with Gasteiger partial charge in [0.05, 0.1) is 0 Å². The normalized spacial score (nSPS) is 18.5. The highest BCUT2D eigenvalue weighted by molar-refractivity contribution is 7.98. The van der Waals surface area contributed by atoms with Crippen molar-refractivity contribution in [1.29, 1.82) is 0 Å². The Bertz CT molecular complexity index is 952. The quantitative estimate of drug-likeness (QED) is 0.614. The predicted octanol–water partition coefficient (Wildman–Crippen LogP) is 5.40. The molecule has 0 unspecified atom stereocenters. The van der Waals surface area contributed by atoms with Crippen LogP contribution in [-0.4, -0.2) is 17.6 Å². The molecule has 0 atom stereocenters. The van der Waals surface area contributed by atoms with Crippen molar-refractivity contribution in [2.24, 2.45) is 21.5 Å². The van der Waals surface area contributed by atoms with E-state index in [0.717, 1.165) is 47.6 Å². The summed E-state index contributed by atoms with van der Waals surface area (Å²) >= 11 is 14.0. The van der Waals surface area contributed by atoms with Crippen molar-refractivity contribution in [2.45, 2.75) is 48.4 Å². The van der Waals surface area contributed by atoms with Gasteiger partial charge < -0.3 is 11.5 Å². The summed E-state index contributed by atoms with van der Waals surface area (Å²) < 4.78 is 0. The van der Waals surface area contributed by atoms with Gasteiger partial charge in [0.2, 0.25) is 11.9 Å². The largest absolute Gasteiger partial charge is 0.369 e. The number of nitrogens with two attached hydrogens (primary N) is 2. The van der Waals surface area contributed by atoms with Crippen molar-refractivity contribution >= 4 is 52.6 Å². The van der Waals surface area contributed by atoms with Crippen molar-refractivity contribution in [3.05, 3.63) is 58.1 Å². The minimum atomic E-state index is -0.417. The Hall–Kier alpha value is -1.89. The molecule has 152 valence electrons. The van der Waals surface area contributed by atoms with E-state index in [4.69, 9.17) is 39.7 Å². The van der Waals surface area contributed by atoms with Gasteiger partial charge in [-0.2, -0.15) is 4.99 Å². The Morgan fingerprint density at radius 2 is 1.72 bits per heavy atom. The summed E-state index contributed by atoms with van der Waals surface area (Å²) in [6, 6.07) is 13.9. The van der Waals surface area contributed by atoms with Crippen LogP contribution in [0.25, 0.3) is 0 Å². The number of guanidine groups is 2. The zero-order valence-corrected chi connectivity index (χ0v) is 18.3. The number of benzene rings is 2. The molecular formula is C21H23Cl2N5S. The van der Waals surface area contributed by atoms with Gasteiger partial charge in [0, 0.05) is 26.4 Å². The van der Waals surface area contributed by atoms with E-state index >= 15 is 0 Å².